The summed E-state index contributed by atoms with van der Waals surface area (Å²) in [6.45, 7) is 4.52. The van der Waals surface area contributed by atoms with Crippen molar-refractivity contribution in [1.82, 2.24) is 9.80 Å². The molecule has 0 radical (unpaired) electrons. The summed E-state index contributed by atoms with van der Waals surface area (Å²) >= 11 is 0. The molecule has 1 atom stereocenters. The van der Waals surface area contributed by atoms with Gasteiger partial charge in [-0.2, -0.15) is 0 Å². The molecule has 6 heteroatoms. The third-order valence-corrected chi connectivity index (χ3v) is 5.20. The monoisotopic (exact) mass is 386 g/mol. The number of ketones is 1. The predicted molar refractivity (Wildman–Crippen MR) is 103 cm³/mol. The number of carbonyl (C=O) groups is 2. The van der Waals surface area contributed by atoms with Crippen LogP contribution >= 0.6 is 0 Å². The van der Waals surface area contributed by atoms with E-state index in [1.807, 2.05) is 16.7 Å². The van der Waals surface area contributed by atoms with Crippen LogP contribution in [0.1, 0.15) is 35.2 Å². The molecule has 1 unspecified atom stereocenters. The second-order valence-corrected chi connectivity index (χ2v) is 7.04. The van der Waals surface area contributed by atoms with Crippen LogP contribution in [0.2, 0.25) is 0 Å². The number of hydrogen-bond acceptors (Lipinski definition) is 3. The normalized spacial score (nSPS) is 16.0. The molecule has 0 aromatic heterocycles. The Bertz CT molecular complexity index is 813. The van der Waals surface area contributed by atoms with Crippen LogP contribution in [0.5, 0.6) is 0 Å². The van der Waals surface area contributed by atoms with E-state index in [4.69, 9.17) is 0 Å². The van der Waals surface area contributed by atoms with Crippen LogP contribution in [0, 0.1) is 11.6 Å². The molecule has 4 nitrogen and oxygen atoms in total. The van der Waals surface area contributed by atoms with Crippen molar-refractivity contribution >= 4 is 11.7 Å². The topological polar surface area (TPSA) is 40.6 Å². The molecule has 3 rings (SSSR count). The lowest BCUT2D eigenvalue weighted by Crippen LogP contribution is -2.51. The molecule has 0 bridgehead atoms. The maximum atomic E-state index is 13.2. The second kappa shape index (κ2) is 9.06. The van der Waals surface area contributed by atoms with E-state index < -0.39 is 0 Å². The van der Waals surface area contributed by atoms with Crippen molar-refractivity contribution in [2.45, 2.75) is 19.3 Å². The van der Waals surface area contributed by atoms with Gasteiger partial charge in [-0.3, -0.25) is 14.5 Å². The zero-order chi connectivity index (χ0) is 20.1. The summed E-state index contributed by atoms with van der Waals surface area (Å²) in [7, 11) is 0. The highest BCUT2D eigenvalue weighted by atomic mass is 19.1. The van der Waals surface area contributed by atoms with Gasteiger partial charge in [0, 0.05) is 31.7 Å². The molecule has 0 spiro atoms. The number of rotatable bonds is 6. The van der Waals surface area contributed by atoms with Gasteiger partial charge in [0.1, 0.15) is 11.6 Å². The van der Waals surface area contributed by atoms with Gasteiger partial charge in [-0.1, -0.05) is 19.1 Å². The van der Waals surface area contributed by atoms with Crippen LogP contribution in [-0.4, -0.2) is 54.2 Å². The summed E-state index contributed by atoms with van der Waals surface area (Å²) in [5.41, 5.74) is 1.31. The molecule has 0 N–H and O–H groups in total. The third kappa shape index (κ3) is 4.81. The minimum absolute atomic E-state index is 0.0404. The minimum atomic E-state index is -0.365. The van der Waals surface area contributed by atoms with E-state index in [0.29, 0.717) is 38.2 Å². The minimum Gasteiger partial charge on any atom is -0.340 e. The third-order valence-electron chi connectivity index (χ3n) is 5.20. The zero-order valence-corrected chi connectivity index (χ0v) is 15.9. The van der Waals surface area contributed by atoms with Crippen LogP contribution < -0.4 is 0 Å². The van der Waals surface area contributed by atoms with E-state index in [1.54, 1.807) is 12.1 Å². The Morgan fingerprint density at radius 1 is 0.893 bits per heavy atom. The van der Waals surface area contributed by atoms with Gasteiger partial charge >= 0.3 is 0 Å². The van der Waals surface area contributed by atoms with E-state index in [9.17, 15) is 18.4 Å². The van der Waals surface area contributed by atoms with Crippen molar-refractivity contribution < 1.29 is 18.4 Å². The fraction of sp³-hybridized carbons (Fsp3) is 0.364. The molecule has 2 aromatic rings. The number of piperazine rings is 1. The average Bonchev–Trinajstić information content (AvgIpc) is 2.71. The first-order valence-corrected chi connectivity index (χ1v) is 9.53. The first-order chi connectivity index (χ1) is 13.5. The first kappa shape index (κ1) is 20.1. The van der Waals surface area contributed by atoms with Gasteiger partial charge in [-0.25, -0.2) is 8.78 Å². The molecule has 1 aliphatic rings. The van der Waals surface area contributed by atoms with Gasteiger partial charge in [0.05, 0.1) is 12.5 Å². The van der Waals surface area contributed by atoms with Crippen molar-refractivity contribution in [2.24, 2.45) is 0 Å². The highest BCUT2D eigenvalue weighted by molar-refractivity contribution is 5.97. The van der Waals surface area contributed by atoms with Crippen LogP contribution in [0.25, 0.3) is 0 Å². The second-order valence-electron chi connectivity index (χ2n) is 7.04. The lowest BCUT2D eigenvalue weighted by molar-refractivity contribution is -0.134. The quantitative estimate of drug-likeness (QED) is 0.714. The Kier molecular flexibility index (Phi) is 6.52. The van der Waals surface area contributed by atoms with Gasteiger partial charge in [0.15, 0.2) is 5.78 Å². The predicted octanol–water partition coefficient (Wildman–Crippen LogP) is 3.49. The molecular weight excluding hydrogens is 362 g/mol. The zero-order valence-electron chi connectivity index (χ0n) is 15.9. The Morgan fingerprint density at radius 2 is 1.43 bits per heavy atom. The number of hydrogen-bond donors (Lipinski definition) is 0. The highest BCUT2D eigenvalue weighted by Crippen LogP contribution is 2.23. The maximum absolute atomic E-state index is 13.2. The van der Waals surface area contributed by atoms with Gasteiger partial charge in [0.2, 0.25) is 5.91 Å². The Balaban J connectivity index is 1.55. The largest absolute Gasteiger partial charge is 0.340 e. The lowest BCUT2D eigenvalue weighted by atomic mass is 9.94. The SMILES string of the molecule is CCC(C(=O)N1CCN(CC(=O)c2ccc(F)cc2)CC1)c1ccc(F)cc1. The molecule has 1 heterocycles. The summed E-state index contributed by atoms with van der Waals surface area (Å²) in [5, 5.41) is 0. The Morgan fingerprint density at radius 3 is 1.96 bits per heavy atom. The van der Waals surface area contributed by atoms with Crippen molar-refractivity contribution in [2.75, 3.05) is 32.7 Å². The standard InChI is InChI=1S/C22H24F2N2O2/c1-2-20(16-3-7-18(23)8-4-16)22(28)26-13-11-25(12-14-26)15-21(27)17-5-9-19(24)10-6-17/h3-10,20H,2,11-15H2,1H3. The Labute approximate surface area is 163 Å². The van der Waals surface area contributed by atoms with Gasteiger partial charge in [-0.05, 0) is 48.4 Å². The van der Waals surface area contributed by atoms with E-state index in [-0.39, 0.29) is 35.8 Å². The number of nitrogens with zero attached hydrogens (tertiary/aromatic N) is 2. The van der Waals surface area contributed by atoms with Crippen LogP contribution in [0.4, 0.5) is 8.78 Å². The molecule has 0 saturated carbocycles. The van der Waals surface area contributed by atoms with Crippen molar-refractivity contribution in [3.63, 3.8) is 0 Å². The smallest absolute Gasteiger partial charge is 0.230 e. The summed E-state index contributed by atoms with van der Waals surface area (Å²) in [6, 6.07) is 11.6. The molecule has 148 valence electrons. The fourth-order valence-corrected chi connectivity index (χ4v) is 3.52. The number of benzene rings is 2. The first-order valence-electron chi connectivity index (χ1n) is 9.53. The molecule has 0 aliphatic carbocycles. The molecule has 1 amide bonds. The van der Waals surface area contributed by atoms with E-state index in [2.05, 4.69) is 0 Å². The molecule has 2 aromatic carbocycles. The summed E-state index contributed by atoms with van der Waals surface area (Å²) in [6.07, 6.45) is 0.647. The summed E-state index contributed by atoms with van der Waals surface area (Å²) in [5.74, 6) is -0.982. The van der Waals surface area contributed by atoms with Gasteiger partial charge in [-0.15, -0.1) is 0 Å². The van der Waals surface area contributed by atoms with Crippen LogP contribution in [-0.2, 0) is 4.79 Å². The van der Waals surface area contributed by atoms with Crippen LogP contribution in [0.15, 0.2) is 48.5 Å². The fourth-order valence-electron chi connectivity index (χ4n) is 3.52. The van der Waals surface area contributed by atoms with E-state index >= 15 is 0 Å². The number of halogens is 2. The van der Waals surface area contributed by atoms with Crippen molar-refractivity contribution in [1.29, 1.82) is 0 Å². The van der Waals surface area contributed by atoms with Gasteiger partial charge < -0.3 is 4.90 Å². The van der Waals surface area contributed by atoms with Crippen molar-refractivity contribution in [3.05, 3.63) is 71.3 Å². The van der Waals surface area contributed by atoms with Gasteiger partial charge in [0.25, 0.3) is 0 Å². The molecule has 1 aliphatic heterocycles. The van der Waals surface area contributed by atoms with E-state index in [1.165, 1.54) is 36.4 Å². The molecular formula is C22H24F2N2O2. The lowest BCUT2D eigenvalue weighted by Gasteiger charge is -2.36. The molecule has 28 heavy (non-hydrogen) atoms. The number of amides is 1. The highest BCUT2D eigenvalue weighted by Gasteiger charge is 2.28. The summed E-state index contributed by atoms with van der Waals surface area (Å²) < 4.78 is 26.1. The van der Waals surface area contributed by atoms with E-state index in [0.717, 1.165) is 5.56 Å². The summed E-state index contributed by atoms with van der Waals surface area (Å²) in [4.78, 5) is 29.1. The van der Waals surface area contributed by atoms with Crippen molar-refractivity contribution in [3.8, 4) is 0 Å². The number of carbonyl (C=O) groups excluding carboxylic acids is 2. The molecule has 1 saturated heterocycles. The average molecular weight is 386 g/mol. The Hall–Kier alpha value is -2.60. The number of Topliss-reactive ketones (excluding diaryl/α,β-unsaturated/α-hetero) is 1. The molecule has 1 fully saturated rings. The maximum Gasteiger partial charge on any atom is 0.230 e. The van der Waals surface area contributed by atoms with Crippen LogP contribution in [0.3, 0.4) is 0 Å².